The summed E-state index contributed by atoms with van der Waals surface area (Å²) in [5.74, 6) is 0.964. The summed E-state index contributed by atoms with van der Waals surface area (Å²) in [5.41, 5.74) is 2.04. The number of urea groups is 1. The van der Waals surface area contributed by atoms with E-state index in [9.17, 15) is 9.90 Å². The van der Waals surface area contributed by atoms with Crippen LogP contribution in [0.3, 0.4) is 0 Å². The third-order valence-electron chi connectivity index (χ3n) is 5.25. The fourth-order valence-corrected chi connectivity index (χ4v) is 4.15. The van der Waals surface area contributed by atoms with Crippen LogP contribution in [-0.4, -0.2) is 50.7 Å². The first kappa shape index (κ1) is 15.4. The van der Waals surface area contributed by atoms with E-state index >= 15 is 0 Å². The Kier molecular flexibility index (Phi) is 4.14. The maximum absolute atomic E-state index is 12.4. The van der Waals surface area contributed by atoms with Gasteiger partial charge in [0.25, 0.3) is 0 Å². The first-order valence-electron chi connectivity index (χ1n) is 8.88. The summed E-state index contributed by atoms with van der Waals surface area (Å²) < 4.78 is 0. The fourth-order valence-electron chi connectivity index (χ4n) is 4.15. The molecule has 24 heavy (non-hydrogen) atoms. The number of aliphatic hydroxyl groups excluding tert-OH is 1. The number of imidazole rings is 1. The van der Waals surface area contributed by atoms with Crippen molar-refractivity contribution in [3.8, 4) is 0 Å². The van der Waals surface area contributed by atoms with Gasteiger partial charge >= 0.3 is 6.03 Å². The average molecular weight is 328 g/mol. The molecular weight excluding hydrogens is 304 g/mol. The number of nitrogens with zero attached hydrogens (tertiary/aromatic N) is 2. The number of rotatable bonds is 4. The van der Waals surface area contributed by atoms with Crippen LogP contribution in [0.2, 0.25) is 0 Å². The van der Waals surface area contributed by atoms with Crippen molar-refractivity contribution < 1.29 is 9.90 Å². The van der Waals surface area contributed by atoms with Crippen LogP contribution in [0.4, 0.5) is 4.79 Å². The molecule has 3 N–H and O–H groups in total. The molecule has 1 aromatic heterocycles. The lowest BCUT2D eigenvalue weighted by atomic mass is 10.0. The molecule has 0 saturated carbocycles. The maximum Gasteiger partial charge on any atom is 0.317 e. The minimum atomic E-state index is -0.236. The van der Waals surface area contributed by atoms with E-state index in [1.54, 1.807) is 0 Å². The van der Waals surface area contributed by atoms with Crippen molar-refractivity contribution in [3.63, 3.8) is 0 Å². The molecule has 2 saturated heterocycles. The van der Waals surface area contributed by atoms with Gasteiger partial charge in [-0.05, 0) is 44.2 Å². The van der Waals surface area contributed by atoms with Crippen molar-refractivity contribution >= 4 is 17.1 Å². The molecule has 2 atom stereocenters. The smallest absolute Gasteiger partial charge is 0.317 e. The van der Waals surface area contributed by atoms with Gasteiger partial charge in [0.05, 0.1) is 17.1 Å². The predicted octanol–water partition coefficient (Wildman–Crippen LogP) is 2.19. The predicted molar refractivity (Wildman–Crippen MR) is 91.7 cm³/mol. The summed E-state index contributed by atoms with van der Waals surface area (Å²) >= 11 is 0. The van der Waals surface area contributed by atoms with Gasteiger partial charge in [0, 0.05) is 25.0 Å². The van der Waals surface area contributed by atoms with E-state index in [4.69, 9.17) is 0 Å². The molecule has 2 aliphatic rings. The minimum Gasteiger partial charge on any atom is -0.393 e. The molecule has 3 heterocycles. The first-order valence-corrected chi connectivity index (χ1v) is 8.88. The largest absolute Gasteiger partial charge is 0.393 e. The Bertz CT molecular complexity index is 682. The number of fused-ring (bicyclic) bond motifs is 3. The van der Waals surface area contributed by atoms with Gasteiger partial charge in [-0.1, -0.05) is 12.1 Å². The molecule has 4 rings (SSSR count). The Hall–Kier alpha value is -2.08. The average Bonchev–Trinajstić information content (AvgIpc) is 3.10. The molecule has 0 spiro atoms. The van der Waals surface area contributed by atoms with Crippen molar-refractivity contribution in [3.05, 3.63) is 30.1 Å². The molecule has 2 amide bonds. The molecule has 2 fully saturated rings. The molecule has 128 valence electrons. The zero-order chi connectivity index (χ0) is 16.5. The summed E-state index contributed by atoms with van der Waals surface area (Å²) in [6.45, 7) is 0.647. The number of piperidine rings is 1. The minimum absolute atomic E-state index is 0.0269. The number of aliphatic hydroxyl groups is 1. The molecule has 6 nitrogen and oxygen atoms in total. The molecule has 0 aliphatic carbocycles. The number of carbonyl (C=O) groups excluding carboxylic acids is 1. The van der Waals surface area contributed by atoms with E-state index in [-0.39, 0.29) is 24.2 Å². The van der Waals surface area contributed by atoms with Gasteiger partial charge in [0.15, 0.2) is 0 Å². The van der Waals surface area contributed by atoms with E-state index in [1.807, 2.05) is 29.2 Å². The van der Waals surface area contributed by atoms with E-state index in [1.165, 1.54) is 0 Å². The third-order valence-corrected chi connectivity index (χ3v) is 5.25. The maximum atomic E-state index is 12.4. The summed E-state index contributed by atoms with van der Waals surface area (Å²) in [7, 11) is 0. The lowest BCUT2D eigenvalue weighted by molar-refractivity contribution is 0.0543. The zero-order valence-corrected chi connectivity index (χ0v) is 13.7. The summed E-state index contributed by atoms with van der Waals surface area (Å²) in [4.78, 5) is 22.3. The second-order valence-corrected chi connectivity index (χ2v) is 6.95. The number of carbonyl (C=O) groups is 1. The highest BCUT2D eigenvalue weighted by molar-refractivity contribution is 5.75. The number of hydrogen-bond donors (Lipinski definition) is 3. The number of amides is 2. The van der Waals surface area contributed by atoms with E-state index in [0.717, 1.165) is 55.4 Å². The zero-order valence-electron chi connectivity index (χ0n) is 13.7. The van der Waals surface area contributed by atoms with Crippen molar-refractivity contribution in [2.45, 2.75) is 56.7 Å². The van der Waals surface area contributed by atoms with Gasteiger partial charge in [-0.25, -0.2) is 9.78 Å². The number of aromatic amines is 1. The number of benzene rings is 1. The summed E-state index contributed by atoms with van der Waals surface area (Å²) in [6, 6.07) is 8.46. The lowest BCUT2D eigenvalue weighted by Gasteiger charge is -2.37. The second-order valence-electron chi connectivity index (χ2n) is 6.95. The highest BCUT2D eigenvalue weighted by Gasteiger charge is 2.42. The summed E-state index contributed by atoms with van der Waals surface area (Å²) in [6.07, 6.45) is 4.94. The molecule has 2 aromatic rings. The monoisotopic (exact) mass is 328 g/mol. The Morgan fingerprint density at radius 3 is 2.79 bits per heavy atom. The van der Waals surface area contributed by atoms with Crippen LogP contribution in [0.25, 0.3) is 11.0 Å². The number of para-hydroxylation sites is 2. The van der Waals surface area contributed by atoms with E-state index in [2.05, 4.69) is 15.3 Å². The number of H-pyrrole nitrogens is 1. The topological polar surface area (TPSA) is 81.2 Å². The van der Waals surface area contributed by atoms with Gasteiger partial charge in [0.2, 0.25) is 0 Å². The molecule has 1 aromatic carbocycles. The number of aryl methyl sites for hydroxylation is 1. The highest BCUT2D eigenvalue weighted by atomic mass is 16.3. The quantitative estimate of drug-likeness (QED) is 0.753. The van der Waals surface area contributed by atoms with Crippen molar-refractivity contribution in [1.82, 2.24) is 20.2 Å². The molecular formula is C18H24N4O2. The molecule has 2 bridgehead atoms. The van der Waals surface area contributed by atoms with Gasteiger partial charge in [0.1, 0.15) is 5.82 Å². The molecule has 2 unspecified atom stereocenters. The standard InChI is InChI=1S/C18H24N4O2/c23-14-10-12-7-8-13(11-14)22(12)18(24)19-9-3-6-17-20-15-4-1-2-5-16(15)21-17/h1-2,4-5,12-14,23H,3,6-11H2,(H,19,24)(H,20,21). The number of hydrogen-bond acceptors (Lipinski definition) is 3. The summed E-state index contributed by atoms with van der Waals surface area (Å²) in [5, 5.41) is 12.9. The normalized spacial score (nSPS) is 26.0. The van der Waals surface area contributed by atoms with E-state index < -0.39 is 0 Å². The van der Waals surface area contributed by atoms with E-state index in [0.29, 0.717) is 6.54 Å². The van der Waals surface area contributed by atoms with Crippen LogP contribution in [0.5, 0.6) is 0 Å². The fraction of sp³-hybridized carbons (Fsp3) is 0.556. The molecule has 0 radical (unpaired) electrons. The van der Waals surface area contributed by atoms with Gasteiger partial charge in [-0.2, -0.15) is 0 Å². The van der Waals surface area contributed by atoms with Crippen LogP contribution in [0.1, 0.15) is 37.9 Å². The number of nitrogens with one attached hydrogen (secondary N) is 2. The van der Waals surface area contributed by atoms with Crippen LogP contribution in [-0.2, 0) is 6.42 Å². The first-order chi connectivity index (χ1) is 11.7. The van der Waals surface area contributed by atoms with Gasteiger partial charge in [-0.15, -0.1) is 0 Å². The Balaban J connectivity index is 1.26. The van der Waals surface area contributed by atoms with Crippen LogP contribution in [0, 0.1) is 0 Å². The second kappa shape index (κ2) is 6.43. The SMILES string of the molecule is O=C(NCCCc1nc2ccccc2[nH]1)N1C2CCC1CC(O)C2. The molecule has 2 aliphatic heterocycles. The van der Waals surface area contributed by atoms with Crippen LogP contribution >= 0.6 is 0 Å². The number of aromatic nitrogens is 2. The Morgan fingerprint density at radius 2 is 2.04 bits per heavy atom. The lowest BCUT2D eigenvalue weighted by Crippen LogP contribution is -2.52. The van der Waals surface area contributed by atoms with Gasteiger partial charge in [-0.3, -0.25) is 0 Å². The Morgan fingerprint density at radius 1 is 1.29 bits per heavy atom. The van der Waals surface area contributed by atoms with Crippen molar-refractivity contribution in [1.29, 1.82) is 0 Å². The third kappa shape index (κ3) is 2.98. The Labute approximate surface area is 141 Å². The van der Waals surface area contributed by atoms with Gasteiger partial charge < -0.3 is 20.3 Å². The molecule has 6 heteroatoms. The highest BCUT2D eigenvalue weighted by Crippen LogP contribution is 2.35. The van der Waals surface area contributed by atoms with Crippen LogP contribution < -0.4 is 5.32 Å². The van der Waals surface area contributed by atoms with Crippen molar-refractivity contribution in [2.75, 3.05) is 6.54 Å². The van der Waals surface area contributed by atoms with Crippen LogP contribution in [0.15, 0.2) is 24.3 Å². The van der Waals surface area contributed by atoms with Crippen molar-refractivity contribution in [2.24, 2.45) is 0 Å².